The van der Waals surface area contributed by atoms with E-state index in [4.69, 9.17) is 4.74 Å². The second-order valence-corrected chi connectivity index (χ2v) is 12.1. The first kappa shape index (κ1) is 40.3. The van der Waals surface area contributed by atoms with Gasteiger partial charge < -0.3 is 4.74 Å². The molecule has 1 saturated heterocycles. The monoisotopic (exact) mass is 604 g/mol. The van der Waals surface area contributed by atoms with Gasteiger partial charge in [0, 0.05) is 6.61 Å². The topological polar surface area (TPSA) is 9.23 Å². The molecule has 0 spiro atoms. The Labute approximate surface area is 260 Å². The quantitative estimate of drug-likeness (QED) is 0.183. The smallest absolute Gasteiger partial charge is 0.194 e. The maximum atomic E-state index is 12.3. The number of rotatable bonds is 0. The van der Waals surface area contributed by atoms with Crippen molar-refractivity contribution in [2.45, 2.75) is 107 Å². The molecule has 2 unspecified atom stereocenters. The maximum Gasteiger partial charge on any atom is 0.194 e. The molecule has 0 bridgehead atoms. The molecule has 1 heterocycles. The van der Waals surface area contributed by atoms with Crippen molar-refractivity contribution in [2.75, 3.05) is 6.61 Å². The fraction of sp³-hybridized carbons (Fsp3) is 0.526. The van der Waals surface area contributed by atoms with E-state index in [0.717, 1.165) is 36.5 Å². The first-order valence-electron chi connectivity index (χ1n) is 15.3. The highest BCUT2D eigenvalue weighted by atomic mass is 19.2. The molecule has 3 aromatic carbocycles. The Morgan fingerprint density at radius 1 is 0.535 bits per heavy atom. The number of hydrogen-bond donors (Lipinski definition) is 0. The molecule has 2 atom stereocenters. The molecule has 5 heteroatoms. The second-order valence-electron chi connectivity index (χ2n) is 12.1. The van der Waals surface area contributed by atoms with Gasteiger partial charge in [0.1, 0.15) is 5.82 Å². The molecule has 1 aliphatic heterocycles. The van der Waals surface area contributed by atoms with Gasteiger partial charge in [-0.05, 0) is 94.5 Å². The van der Waals surface area contributed by atoms with E-state index in [1.54, 1.807) is 19.1 Å². The molecule has 0 N–H and O–H groups in total. The van der Waals surface area contributed by atoms with Crippen LogP contribution in [-0.2, 0) is 4.74 Å². The molecule has 242 valence electrons. The van der Waals surface area contributed by atoms with Crippen LogP contribution in [0.25, 0.3) is 0 Å². The number of benzene rings is 3. The fourth-order valence-corrected chi connectivity index (χ4v) is 4.31. The van der Waals surface area contributed by atoms with Crippen molar-refractivity contribution in [3.8, 4) is 0 Å². The third-order valence-corrected chi connectivity index (χ3v) is 7.46. The zero-order chi connectivity index (χ0) is 31.7. The molecule has 1 saturated carbocycles. The molecule has 2 fully saturated rings. The first-order valence-corrected chi connectivity index (χ1v) is 15.3. The lowest BCUT2D eigenvalue weighted by atomic mass is 9.84. The predicted molar refractivity (Wildman–Crippen MR) is 175 cm³/mol. The third-order valence-electron chi connectivity index (χ3n) is 7.46. The van der Waals surface area contributed by atoms with E-state index in [0.29, 0.717) is 17.2 Å². The Morgan fingerprint density at radius 3 is 1.28 bits per heavy atom. The summed E-state index contributed by atoms with van der Waals surface area (Å²) < 4.78 is 54.3. The van der Waals surface area contributed by atoms with Gasteiger partial charge in [-0.25, -0.2) is 17.6 Å². The van der Waals surface area contributed by atoms with Gasteiger partial charge >= 0.3 is 0 Å². The van der Waals surface area contributed by atoms with Crippen molar-refractivity contribution in [3.05, 3.63) is 106 Å². The van der Waals surface area contributed by atoms with E-state index in [9.17, 15) is 17.6 Å². The lowest BCUT2D eigenvalue weighted by molar-refractivity contribution is 0.000266. The highest BCUT2D eigenvalue weighted by Crippen LogP contribution is 2.27. The minimum Gasteiger partial charge on any atom is -0.378 e. The largest absolute Gasteiger partial charge is 0.378 e. The summed E-state index contributed by atoms with van der Waals surface area (Å²) in [6, 6.07) is 17.1. The standard InChI is InChI=1S/C8H16.C8H10.C7H5F3.C7H7F.C7H14O.CH4/c2*1-7-3-5-8(2)6-4-7;1-4-2-5(8)7(10)6(9)3-4;1-6-4-2-3-5-7(6)8;1-6-3-4-7(2)8-5-6;/h7-8H,3-6H2,1-2H3;3-6H,1-2H3;2-3H,1H3;2-5H,1H3;6-7H,3-5H2,1-2H3;1H4. The summed E-state index contributed by atoms with van der Waals surface area (Å²) in [6.45, 7) is 17.5. The van der Waals surface area contributed by atoms with Gasteiger partial charge in [-0.15, -0.1) is 0 Å². The summed E-state index contributed by atoms with van der Waals surface area (Å²) in [5.41, 5.74) is 3.73. The van der Waals surface area contributed by atoms with Crippen LogP contribution >= 0.6 is 0 Å². The van der Waals surface area contributed by atoms with Crippen molar-refractivity contribution in [1.29, 1.82) is 0 Å². The molecule has 2 aliphatic rings. The molecular formula is C38H56F4O. The van der Waals surface area contributed by atoms with E-state index in [1.807, 2.05) is 6.07 Å². The van der Waals surface area contributed by atoms with Gasteiger partial charge in [-0.3, -0.25) is 0 Å². The average Bonchev–Trinajstić information content (AvgIpc) is 2.95. The number of ether oxygens (including phenoxy) is 1. The molecule has 0 aromatic heterocycles. The van der Waals surface area contributed by atoms with Crippen molar-refractivity contribution in [3.63, 3.8) is 0 Å². The predicted octanol–water partition coefficient (Wildman–Crippen LogP) is 12.1. The number of halogens is 4. The first-order chi connectivity index (χ1) is 19.8. The summed E-state index contributed by atoms with van der Waals surface area (Å²) in [7, 11) is 0. The van der Waals surface area contributed by atoms with Crippen LogP contribution in [0.3, 0.4) is 0 Å². The Morgan fingerprint density at radius 2 is 0.953 bits per heavy atom. The van der Waals surface area contributed by atoms with Crippen LogP contribution in [0, 0.1) is 68.7 Å². The lowest BCUT2D eigenvalue weighted by Crippen LogP contribution is -2.21. The summed E-state index contributed by atoms with van der Waals surface area (Å²) in [4.78, 5) is 0. The van der Waals surface area contributed by atoms with Crippen LogP contribution in [0.2, 0.25) is 0 Å². The minimum absolute atomic E-state index is 0. The number of hydrogen-bond acceptors (Lipinski definition) is 1. The van der Waals surface area contributed by atoms with Crippen LogP contribution < -0.4 is 0 Å². The van der Waals surface area contributed by atoms with E-state index < -0.39 is 17.5 Å². The van der Waals surface area contributed by atoms with Gasteiger partial charge in [-0.2, -0.15) is 0 Å². The molecule has 5 rings (SSSR count). The minimum atomic E-state index is -1.41. The Balaban J connectivity index is 0.000000511. The normalized spacial score (nSPS) is 20.6. The van der Waals surface area contributed by atoms with Crippen LogP contribution in [0.1, 0.15) is 95.9 Å². The average molecular weight is 605 g/mol. The fourth-order valence-electron chi connectivity index (χ4n) is 4.31. The van der Waals surface area contributed by atoms with Crippen LogP contribution in [0.5, 0.6) is 0 Å². The van der Waals surface area contributed by atoms with Crippen molar-refractivity contribution < 1.29 is 22.3 Å². The van der Waals surface area contributed by atoms with Gasteiger partial charge in [-0.1, -0.05) is 107 Å². The summed E-state index contributed by atoms with van der Waals surface area (Å²) >= 11 is 0. The zero-order valence-corrected chi connectivity index (χ0v) is 27.0. The molecule has 1 nitrogen and oxygen atoms in total. The molecule has 3 aromatic rings. The van der Waals surface area contributed by atoms with E-state index >= 15 is 0 Å². The summed E-state index contributed by atoms with van der Waals surface area (Å²) in [5, 5.41) is 0. The van der Waals surface area contributed by atoms with Crippen LogP contribution in [-0.4, -0.2) is 12.7 Å². The Kier molecular flexibility index (Phi) is 20.6. The van der Waals surface area contributed by atoms with E-state index in [-0.39, 0.29) is 13.2 Å². The summed E-state index contributed by atoms with van der Waals surface area (Å²) in [5.74, 6) is -0.989. The third kappa shape index (κ3) is 18.6. The SMILES string of the molecule is C.CC1CCC(C)CC1.CC1CCC(C)OC1.Cc1cc(F)c(F)c(F)c1.Cc1ccc(C)cc1.Cc1ccccc1F. The van der Waals surface area contributed by atoms with E-state index in [1.165, 1.54) is 62.6 Å². The zero-order valence-electron chi connectivity index (χ0n) is 27.0. The highest BCUT2D eigenvalue weighted by Gasteiger charge is 2.14. The Bertz CT molecular complexity index is 1020. The molecule has 43 heavy (non-hydrogen) atoms. The van der Waals surface area contributed by atoms with Crippen molar-refractivity contribution >= 4 is 0 Å². The van der Waals surface area contributed by atoms with Crippen molar-refractivity contribution in [1.82, 2.24) is 0 Å². The molecular weight excluding hydrogens is 548 g/mol. The van der Waals surface area contributed by atoms with Gasteiger partial charge in [0.15, 0.2) is 17.5 Å². The Hall–Kier alpha value is -2.66. The van der Waals surface area contributed by atoms with Crippen LogP contribution in [0.4, 0.5) is 17.6 Å². The lowest BCUT2D eigenvalue weighted by Gasteiger charge is -2.23. The van der Waals surface area contributed by atoms with Crippen LogP contribution in [0.15, 0.2) is 60.7 Å². The summed E-state index contributed by atoms with van der Waals surface area (Å²) in [6.07, 6.45) is 9.01. The molecule has 0 amide bonds. The van der Waals surface area contributed by atoms with Gasteiger partial charge in [0.2, 0.25) is 0 Å². The van der Waals surface area contributed by atoms with Gasteiger partial charge in [0.25, 0.3) is 0 Å². The van der Waals surface area contributed by atoms with Crippen molar-refractivity contribution in [2.24, 2.45) is 17.8 Å². The highest BCUT2D eigenvalue weighted by molar-refractivity contribution is 5.19. The maximum absolute atomic E-state index is 12.3. The number of aryl methyl sites for hydroxylation is 4. The second kappa shape index (κ2) is 21.9. The van der Waals surface area contributed by atoms with E-state index in [2.05, 4.69) is 65.8 Å². The molecule has 0 radical (unpaired) electrons. The van der Waals surface area contributed by atoms with Gasteiger partial charge in [0.05, 0.1) is 6.10 Å². The molecule has 1 aliphatic carbocycles.